The summed E-state index contributed by atoms with van der Waals surface area (Å²) in [5, 5.41) is 23.4. The Morgan fingerprint density at radius 2 is 0.782 bits per heavy atom. The van der Waals surface area contributed by atoms with Crippen LogP contribution in [0.3, 0.4) is 0 Å². The van der Waals surface area contributed by atoms with Crippen molar-refractivity contribution in [3.8, 4) is 28.4 Å². The number of ether oxygens (including phenoxy) is 4. The minimum Gasteiger partial charge on any atom is -0.481 e. The molecule has 0 radical (unpaired) electrons. The topological polar surface area (TPSA) is 264 Å². The lowest BCUT2D eigenvalue weighted by Crippen LogP contribution is -2.37. The number of likely N-dealkylation sites (N-methyl/N-ethyl adjacent to an activating group) is 2. The Kier molecular flexibility index (Phi) is 31.8. The number of likely N-dealkylation sites (tertiary alicyclic amines) is 5. The zero-order chi connectivity index (χ0) is 74.8. The molecule has 4 aromatic carbocycles. The van der Waals surface area contributed by atoms with Crippen LogP contribution in [0.25, 0.3) is 22.3 Å². The fourth-order valence-corrected chi connectivity index (χ4v) is 11.9. The second-order valence-electron chi connectivity index (χ2n) is 30.7. The van der Waals surface area contributed by atoms with Crippen molar-refractivity contribution in [2.75, 3.05) is 113 Å². The van der Waals surface area contributed by atoms with Crippen molar-refractivity contribution in [2.45, 2.75) is 150 Å². The Balaban J connectivity index is 0.000000235. The van der Waals surface area contributed by atoms with E-state index in [0.717, 1.165) is 80.8 Å². The van der Waals surface area contributed by atoms with Gasteiger partial charge in [-0.3, -0.25) is 19.2 Å². The molecule has 23 nitrogen and oxygen atoms in total. The van der Waals surface area contributed by atoms with Gasteiger partial charge in [0.05, 0.1) is 24.7 Å². The van der Waals surface area contributed by atoms with Gasteiger partial charge in [-0.2, -0.15) is 5.26 Å². The van der Waals surface area contributed by atoms with E-state index in [1.54, 1.807) is 57.2 Å². The molecular formula is C78H114N10O13. The number of amides is 7. The van der Waals surface area contributed by atoms with Crippen LogP contribution in [0.15, 0.2) is 109 Å². The van der Waals surface area contributed by atoms with E-state index in [9.17, 15) is 38.4 Å². The number of carboxylic acid groups (broad SMARTS) is 1. The zero-order valence-electron chi connectivity index (χ0n) is 62.8. The summed E-state index contributed by atoms with van der Waals surface area (Å²) in [5.74, 6) is 0.0756. The molecule has 23 heteroatoms. The molecule has 4 aromatic rings. The highest BCUT2D eigenvalue weighted by Gasteiger charge is 2.36. The molecule has 5 atom stereocenters. The average Bonchev–Trinajstić information content (AvgIpc) is 1.82. The Bertz CT molecular complexity index is 3340. The molecule has 0 bridgehead atoms. The number of nitrogens with one attached hydrogen (secondary N) is 2. The third-order valence-electron chi connectivity index (χ3n) is 17.2. The van der Waals surface area contributed by atoms with Gasteiger partial charge in [-0.1, -0.05) is 109 Å². The summed E-state index contributed by atoms with van der Waals surface area (Å²) in [4.78, 5) is 106. The zero-order valence-corrected chi connectivity index (χ0v) is 62.8. The molecule has 7 amide bonds. The van der Waals surface area contributed by atoms with Crippen molar-refractivity contribution in [2.24, 2.45) is 29.6 Å². The molecular weight excluding hydrogens is 1280 g/mol. The van der Waals surface area contributed by atoms with E-state index in [0.29, 0.717) is 76.8 Å². The predicted octanol–water partition coefficient (Wildman–Crippen LogP) is 11.5. The molecule has 554 valence electrons. The molecule has 5 aliphatic rings. The van der Waals surface area contributed by atoms with Crippen LogP contribution >= 0.6 is 0 Å². The lowest BCUT2D eigenvalue weighted by molar-refractivity contribution is -0.141. The number of hydrogen-bond acceptors (Lipinski definition) is 15. The highest BCUT2D eigenvalue weighted by Crippen LogP contribution is 2.26. The molecule has 0 aromatic heterocycles. The highest BCUT2D eigenvalue weighted by molar-refractivity contribution is 5.81. The SMILES string of the molecule is CC(C)(C)OC(=O)N1CCC(C(=O)O)C1.CN(CC1CCN(C#N)C1)C(=O)Cc1ccc(-c2ccccc2)cc1.CN(CC1CCN(C(=O)OC(C)(C)C)C1)C(=O)Cc1ccc(-c2ccccc2)cc1.CNC(=O)C1CCN(C(=O)OC(C)(C)C)C1.CNCC1CCN(C(=O)OC(C)(C)C)C1. The summed E-state index contributed by atoms with van der Waals surface area (Å²) in [5.41, 5.74) is 4.80. The quantitative estimate of drug-likeness (QED) is 0.0782. The fraction of sp³-hybridized carbons (Fsp3) is 0.577. The van der Waals surface area contributed by atoms with Crippen LogP contribution in [0.4, 0.5) is 19.2 Å². The van der Waals surface area contributed by atoms with Crippen LogP contribution in [-0.2, 0) is 51.0 Å². The maximum Gasteiger partial charge on any atom is 0.410 e. The van der Waals surface area contributed by atoms with Crippen molar-refractivity contribution in [3.63, 3.8) is 0 Å². The number of carbonyl (C=O) groups excluding carboxylic acids is 7. The average molecular weight is 1400 g/mol. The molecule has 5 fully saturated rings. The van der Waals surface area contributed by atoms with E-state index in [4.69, 9.17) is 29.3 Å². The van der Waals surface area contributed by atoms with E-state index in [-0.39, 0.29) is 54.4 Å². The summed E-state index contributed by atoms with van der Waals surface area (Å²) < 4.78 is 21.1. The standard InChI is InChI=1S/C25H32N2O3.C21H23N3O.C11H20N2O3.C11H22N2O2.C10H17NO4/c1-25(2,3)30-24(29)27-15-14-20(18-27)17-26(4)23(28)16-19-10-12-22(13-11-19)21-8-6-5-7-9-21;1-23(14-18-11-12-24(15-18)16-22)21(25)13-17-7-9-20(10-8-17)19-5-3-2-4-6-19;1-11(2,3)16-10(15)13-6-5-8(7-13)9(14)12-4;1-11(2,3)15-10(14)13-6-5-9(8-13)7-12-4;1-10(2,3)15-9(14)11-5-4-7(6-11)8(12)13/h5-13,20H,14-18H2,1-4H3;2-10,18H,11-15H2,1H3;8H,5-7H2,1-4H3,(H,12,14);9,12H,5-8H2,1-4H3;7H,4-6H2,1-3H3,(H,12,13). The Morgan fingerprint density at radius 1 is 0.455 bits per heavy atom. The molecule has 9 rings (SSSR count). The number of hydrogen-bond donors (Lipinski definition) is 3. The van der Waals surface area contributed by atoms with Gasteiger partial charge in [0, 0.05) is 99.7 Å². The molecule has 0 saturated carbocycles. The first kappa shape index (κ1) is 82.8. The largest absolute Gasteiger partial charge is 0.481 e. The van der Waals surface area contributed by atoms with Crippen LogP contribution < -0.4 is 10.6 Å². The van der Waals surface area contributed by atoms with Gasteiger partial charge in [0.15, 0.2) is 6.19 Å². The first-order valence-corrected chi connectivity index (χ1v) is 35.3. The summed E-state index contributed by atoms with van der Waals surface area (Å²) in [6.45, 7) is 30.8. The Morgan fingerprint density at radius 3 is 1.13 bits per heavy atom. The van der Waals surface area contributed by atoms with E-state index in [2.05, 4.69) is 65.4 Å². The number of carboxylic acids is 1. The van der Waals surface area contributed by atoms with Gasteiger partial charge in [0.1, 0.15) is 22.4 Å². The number of rotatable bonds is 14. The van der Waals surface area contributed by atoms with Gasteiger partial charge in [-0.05, 0) is 180 Å². The molecule has 5 heterocycles. The monoisotopic (exact) mass is 1400 g/mol. The molecule has 101 heavy (non-hydrogen) atoms. The normalized spacial score (nSPS) is 18.7. The smallest absolute Gasteiger partial charge is 0.410 e. The van der Waals surface area contributed by atoms with E-state index in [1.165, 1.54) is 16.0 Å². The van der Waals surface area contributed by atoms with Crippen LogP contribution in [0.1, 0.15) is 126 Å². The van der Waals surface area contributed by atoms with Crippen LogP contribution in [0.2, 0.25) is 0 Å². The second kappa shape index (κ2) is 38.8. The van der Waals surface area contributed by atoms with Gasteiger partial charge in [-0.15, -0.1) is 0 Å². The minimum absolute atomic E-state index is 0.00828. The second-order valence-corrected chi connectivity index (χ2v) is 30.7. The van der Waals surface area contributed by atoms with Gasteiger partial charge < -0.3 is 69.0 Å². The van der Waals surface area contributed by atoms with Crippen molar-refractivity contribution < 1.29 is 62.4 Å². The van der Waals surface area contributed by atoms with E-state index in [1.807, 2.05) is 144 Å². The third-order valence-corrected chi connectivity index (χ3v) is 17.2. The summed E-state index contributed by atoms with van der Waals surface area (Å²) in [7, 11) is 7.25. The first-order valence-electron chi connectivity index (χ1n) is 35.3. The number of nitriles is 1. The van der Waals surface area contributed by atoms with Crippen molar-refractivity contribution in [1.82, 2.24) is 44.9 Å². The number of aliphatic carboxylic acids is 1. The number of benzene rings is 4. The molecule has 5 saturated heterocycles. The molecule has 3 N–H and O–H groups in total. The molecule has 0 aliphatic carbocycles. The molecule has 5 unspecified atom stereocenters. The molecule has 0 spiro atoms. The summed E-state index contributed by atoms with van der Waals surface area (Å²) in [6, 6.07) is 36.8. The maximum atomic E-state index is 12.7. The first-order chi connectivity index (χ1) is 47.4. The van der Waals surface area contributed by atoms with Crippen LogP contribution in [0, 0.1) is 41.0 Å². The van der Waals surface area contributed by atoms with Crippen LogP contribution in [0.5, 0.6) is 0 Å². The molecule has 5 aliphatic heterocycles. The van der Waals surface area contributed by atoms with Crippen molar-refractivity contribution >= 4 is 48.1 Å². The van der Waals surface area contributed by atoms with E-state index >= 15 is 0 Å². The maximum absolute atomic E-state index is 12.7. The Labute approximate surface area is 600 Å². The fourth-order valence-electron chi connectivity index (χ4n) is 11.9. The lowest BCUT2D eigenvalue weighted by Gasteiger charge is -2.25. The van der Waals surface area contributed by atoms with Gasteiger partial charge >= 0.3 is 30.3 Å². The van der Waals surface area contributed by atoms with Crippen molar-refractivity contribution in [3.05, 3.63) is 120 Å². The minimum atomic E-state index is -0.846. The predicted molar refractivity (Wildman–Crippen MR) is 391 cm³/mol. The highest BCUT2D eigenvalue weighted by atomic mass is 16.6. The van der Waals surface area contributed by atoms with Crippen LogP contribution in [-0.4, -0.2) is 223 Å². The third kappa shape index (κ3) is 30.1. The Hall–Kier alpha value is -8.91. The number of nitrogens with zero attached hydrogens (tertiary/aromatic N) is 8. The van der Waals surface area contributed by atoms with Gasteiger partial charge in [0.25, 0.3) is 0 Å². The van der Waals surface area contributed by atoms with Gasteiger partial charge in [0.2, 0.25) is 17.7 Å². The summed E-state index contributed by atoms with van der Waals surface area (Å²) in [6.07, 6.45) is 5.94. The lowest BCUT2D eigenvalue weighted by atomic mass is 10.0. The number of carbonyl (C=O) groups is 8. The van der Waals surface area contributed by atoms with Crippen molar-refractivity contribution in [1.29, 1.82) is 5.26 Å². The summed E-state index contributed by atoms with van der Waals surface area (Å²) >= 11 is 0. The van der Waals surface area contributed by atoms with E-state index < -0.39 is 40.4 Å². The van der Waals surface area contributed by atoms with Gasteiger partial charge in [-0.25, -0.2) is 19.2 Å².